The first-order valence-corrected chi connectivity index (χ1v) is 7.81. The summed E-state index contributed by atoms with van der Waals surface area (Å²) in [5.74, 6) is 0.511. The van der Waals surface area contributed by atoms with Gasteiger partial charge in [-0.05, 0) is 52.6 Å². The lowest BCUT2D eigenvalue weighted by molar-refractivity contribution is -0.135. The van der Waals surface area contributed by atoms with Gasteiger partial charge in [0.25, 0.3) is 0 Å². The second kappa shape index (κ2) is 6.75. The van der Waals surface area contributed by atoms with Crippen molar-refractivity contribution in [2.24, 2.45) is 5.92 Å². The van der Waals surface area contributed by atoms with E-state index in [2.05, 4.69) is 10.2 Å². The summed E-state index contributed by atoms with van der Waals surface area (Å²) in [7, 11) is 0. The second-order valence-corrected chi connectivity index (χ2v) is 6.95. The van der Waals surface area contributed by atoms with Gasteiger partial charge in [0.15, 0.2) is 0 Å². The maximum Gasteiger partial charge on any atom is 0.417 e. The fourth-order valence-electron chi connectivity index (χ4n) is 2.82. The molecule has 0 unspecified atom stereocenters. The Hall–Kier alpha value is -1.14. The fourth-order valence-corrected chi connectivity index (χ4v) is 2.82. The number of ether oxygens (including phenoxy) is 1. The van der Waals surface area contributed by atoms with Crippen LogP contribution in [0.3, 0.4) is 0 Å². The number of piperazine rings is 1. The summed E-state index contributed by atoms with van der Waals surface area (Å²) in [6, 6.07) is 0. The van der Waals surface area contributed by atoms with Crippen LogP contribution in [0.2, 0.25) is 0 Å². The molecule has 2 amide bonds. The number of nitrogens with one attached hydrogen (secondary N) is 1. The van der Waals surface area contributed by atoms with E-state index in [9.17, 15) is 9.59 Å². The number of hydrogen-bond donors (Lipinski definition) is 1. The van der Waals surface area contributed by atoms with Gasteiger partial charge in [-0.3, -0.25) is 9.69 Å². The maximum atomic E-state index is 12.1. The first-order valence-electron chi connectivity index (χ1n) is 7.81. The zero-order valence-corrected chi connectivity index (χ0v) is 13.4. The van der Waals surface area contributed by atoms with Gasteiger partial charge in [0.2, 0.25) is 5.91 Å². The molecule has 6 nitrogen and oxygen atoms in total. The average molecular weight is 297 g/mol. The summed E-state index contributed by atoms with van der Waals surface area (Å²) >= 11 is 0. The smallest absolute Gasteiger partial charge is 0.417 e. The van der Waals surface area contributed by atoms with Gasteiger partial charge in [-0.1, -0.05) is 0 Å². The molecule has 2 fully saturated rings. The summed E-state index contributed by atoms with van der Waals surface area (Å²) in [6.07, 6.45) is 1.81. The molecule has 0 aliphatic carbocycles. The van der Waals surface area contributed by atoms with Crippen molar-refractivity contribution in [3.8, 4) is 0 Å². The van der Waals surface area contributed by atoms with E-state index < -0.39 is 11.7 Å². The number of rotatable bonds is 2. The molecule has 2 rings (SSSR count). The molecule has 21 heavy (non-hydrogen) atoms. The molecule has 1 N–H and O–H groups in total. The van der Waals surface area contributed by atoms with Crippen LogP contribution in [0, 0.1) is 5.92 Å². The van der Waals surface area contributed by atoms with Crippen molar-refractivity contribution in [1.29, 1.82) is 0 Å². The van der Waals surface area contributed by atoms with Crippen LogP contribution in [0.15, 0.2) is 0 Å². The minimum atomic E-state index is -0.566. The maximum absolute atomic E-state index is 12.1. The van der Waals surface area contributed by atoms with Gasteiger partial charge in [-0.2, -0.15) is 0 Å². The van der Waals surface area contributed by atoms with Crippen LogP contribution in [0.1, 0.15) is 33.6 Å². The van der Waals surface area contributed by atoms with Crippen LogP contribution < -0.4 is 5.32 Å². The lowest BCUT2D eigenvalue weighted by atomic mass is 9.97. The zero-order valence-electron chi connectivity index (χ0n) is 13.4. The summed E-state index contributed by atoms with van der Waals surface area (Å²) < 4.78 is 5.27. The Morgan fingerprint density at radius 2 is 1.95 bits per heavy atom. The molecule has 2 heterocycles. The molecule has 0 atom stereocenters. The summed E-state index contributed by atoms with van der Waals surface area (Å²) in [4.78, 5) is 27.5. The Morgan fingerprint density at radius 1 is 1.29 bits per heavy atom. The van der Waals surface area contributed by atoms with Gasteiger partial charge in [-0.25, -0.2) is 9.69 Å². The van der Waals surface area contributed by atoms with E-state index in [1.165, 1.54) is 17.7 Å². The van der Waals surface area contributed by atoms with Crippen LogP contribution >= 0.6 is 0 Å². The molecule has 0 aromatic heterocycles. The normalized spacial score (nSPS) is 22.4. The van der Waals surface area contributed by atoms with Crippen molar-refractivity contribution < 1.29 is 14.3 Å². The molecule has 0 aromatic carbocycles. The third kappa shape index (κ3) is 4.97. The van der Waals surface area contributed by atoms with E-state index >= 15 is 0 Å². The molecule has 2 aliphatic heterocycles. The van der Waals surface area contributed by atoms with Gasteiger partial charge < -0.3 is 10.1 Å². The van der Waals surface area contributed by atoms with Gasteiger partial charge in [0, 0.05) is 19.6 Å². The molecule has 2 saturated heterocycles. The number of amides is 2. The Balaban J connectivity index is 1.81. The SMILES string of the molecule is CC(C)(C)OC(=O)N1CCN(CC2CCNCC2)CC1=O. The van der Waals surface area contributed by atoms with Gasteiger partial charge >= 0.3 is 6.09 Å². The molecular formula is C15H27N3O3. The van der Waals surface area contributed by atoms with Crippen LogP contribution in [0.25, 0.3) is 0 Å². The molecule has 2 aliphatic rings. The van der Waals surface area contributed by atoms with E-state index in [-0.39, 0.29) is 5.91 Å². The van der Waals surface area contributed by atoms with Crippen LogP contribution in [-0.2, 0) is 9.53 Å². The van der Waals surface area contributed by atoms with E-state index in [0.29, 0.717) is 19.0 Å². The van der Waals surface area contributed by atoms with Gasteiger partial charge in [0.05, 0.1) is 6.54 Å². The van der Waals surface area contributed by atoms with Gasteiger partial charge in [-0.15, -0.1) is 0 Å². The van der Waals surface area contributed by atoms with E-state index in [1.807, 2.05) is 20.8 Å². The molecule has 0 aromatic rings. The number of nitrogens with zero attached hydrogens (tertiary/aromatic N) is 2. The van der Waals surface area contributed by atoms with Crippen LogP contribution in [-0.4, -0.2) is 66.7 Å². The molecule has 120 valence electrons. The summed E-state index contributed by atoms with van der Waals surface area (Å²) in [5, 5.41) is 3.35. The van der Waals surface area contributed by atoms with Crippen molar-refractivity contribution in [1.82, 2.24) is 15.1 Å². The number of piperidine rings is 1. The predicted octanol–water partition coefficient (Wildman–Crippen LogP) is 1.07. The summed E-state index contributed by atoms with van der Waals surface area (Å²) in [6.45, 7) is 10.0. The standard InChI is InChI=1S/C15H27N3O3/c1-15(2,3)21-14(20)18-9-8-17(11-13(18)19)10-12-4-6-16-7-5-12/h12,16H,4-11H2,1-3H3. The van der Waals surface area contributed by atoms with Crippen molar-refractivity contribution in [2.75, 3.05) is 39.3 Å². The monoisotopic (exact) mass is 297 g/mol. The number of hydrogen-bond acceptors (Lipinski definition) is 5. The lowest BCUT2D eigenvalue weighted by Crippen LogP contribution is -2.54. The highest BCUT2D eigenvalue weighted by molar-refractivity contribution is 5.93. The first-order chi connectivity index (χ1) is 9.85. The predicted molar refractivity (Wildman–Crippen MR) is 80.0 cm³/mol. The molecule has 6 heteroatoms. The lowest BCUT2D eigenvalue weighted by Gasteiger charge is -2.36. The first kappa shape index (κ1) is 16.2. The Kier molecular flexibility index (Phi) is 5.22. The Morgan fingerprint density at radius 3 is 2.52 bits per heavy atom. The summed E-state index contributed by atoms with van der Waals surface area (Å²) in [5.41, 5.74) is -0.566. The number of carbonyl (C=O) groups excluding carboxylic acids is 2. The third-order valence-corrected chi connectivity index (χ3v) is 3.89. The van der Waals surface area contributed by atoms with Crippen molar-refractivity contribution in [3.63, 3.8) is 0 Å². The van der Waals surface area contributed by atoms with Crippen LogP contribution in [0.4, 0.5) is 4.79 Å². The van der Waals surface area contributed by atoms with E-state index in [4.69, 9.17) is 4.74 Å². The quantitative estimate of drug-likeness (QED) is 0.826. The molecular weight excluding hydrogens is 270 g/mol. The topological polar surface area (TPSA) is 61.9 Å². The highest BCUT2D eigenvalue weighted by Crippen LogP contribution is 2.16. The Labute approximate surface area is 126 Å². The van der Waals surface area contributed by atoms with Gasteiger partial charge in [0.1, 0.15) is 5.60 Å². The minimum Gasteiger partial charge on any atom is -0.443 e. The van der Waals surface area contributed by atoms with E-state index in [1.54, 1.807) is 0 Å². The molecule has 0 bridgehead atoms. The zero-order chi connectivity index (χ0) is 15.5. The number of imide groups is 1. The van der Waals surface area contributed by atoms with Crippen molar-refractivity contribution in [2.45, 2.75) is 39.2 Å². The second-order valence-electron chi connectivity index (χ2n) is 6.95. The Bertz CT molecular complexity index is 386. The molecule has 0 spiro atoms. The largest absolute Gasteiger partial charge is 0.443 e. The average Bonchev–Trinajstić information content (AvgIpc) is 2.37. The number of carbonyl (C=O) groups is 2. The molecule has 0 radical (unpaired) electrons. The highest BCUT2D eigenvalue weighted by Gasteiger charge is 2.32. The molecule has 0 saturated carbocycles. The third-order valence-electron chi connectivity index (χ3n) is 3.89. The van der Waals surface area contributed by atoms with Crippen LogP contribution in [0.5, 0.6) is 0 Å². The van der Waals surface area contributed by atoms with Crippen molar-refractivity contribution >= 4 is 12.0 Å². The fraction of sp³-hybridized carbons (Fsp3) is 0.867. The van der Waals surface area contributed by atoms with Crippen molar-refractivity contribution in [3.05, 3.63) is 0 Å². The minimum absolute atomic E-state index is 0.149. The van der Waals surface area contributed by atoms with E-state index in [0.717, 1.165) is 26.2 Å². The highest BCUT2D eigenvalue weighted by atomic mass is 16.6.